The number of benzene rings is 1. The third-order valence-electron chi connectivity index (χ3n) is 3.65. The number of rotatable bonds is 6. The predicted molar refractivity (Wildman–Crippen MR) is 80.0 cm³/mol. The van der Waals surface area contributed by atoms with Gasteiger partial charge in [-0.3, -0.25) is 9.69 Å². The molecular formula is C14H20N2O5S. The van der Waals surface area contributed by atoms with E-state index in [0.717, 1.165) is 5.56 Å². The van der Waals surface area contributed by atoms with Gasteiger partial charge in [-0.15, -0.1) is 0 Å². The molecule has 8 heteroatoms. The number of carbonyl (C=O) groups is 1. The lowest BCUT2D eigenvalue weighted by atomic mass is 10.1. The van der Waals surface area contributed by atoms with E-state index in [4.69, 9.17) is 9.84 Å². The van der Waals surface area contributed by atoms with Crippen molar-refractivity contribution in [1.29, 1.82) is 0 Å². The molecule has 0 spiro atoms. The molecule has 0 unspecified atom stereocenters. The minimum absolute atomic E-state index is 0.0339. The van der Waals surface area contributed by atoms with Crippen LogP contribution in [0.25, 0.3) is 0 Å². The average Bonchev–Trinajstić information content (AvgIpc) is 2.49. The molecule has 7 nitrogen and oxygen atoms in total. The van der Waals surface area contributed by atoms with Crippen molar-refractivity contribution in [2.24, 2.45) is 0 Å². The summed E-state index contributed by atoms with van der Waals surface area (Å²) in [6.45, 7) is 2.20. The van der Waals surface area contributed by atoms with E-state index in [1.807, 2.05) is 0 Å². The summed E-state index contributed by atoms with van der Waals surface area (Å²) in [5, 5.41) is 8.95. The van der Waals surface area contributed by atoms with E-state index in [2.05, 4.69) is 9.62 Å². The molecule has 1 aromatic carbocycles. The van der Waals surface area contributed by atoms with Gasteiger partial charge in [0.2, 0.25) is 10.0 Å². The van der Waals surface area contributed by atoms with Crippen LogP contribution in [0.1, 0.15) is 12.0 Å². The summed E-state index contributed by atoms with van der Waals surface area (Å²) in [6, 6.07) is 6.43. The monoisotopic (exact) mass is 328 g/mol. The van der Waals surface area contributed by atoms with Gasteiger partial charge in [0.1, 0.15) is 0 Å². The van der Waals surface area contributed by atoms with Crippen LogP contribution in [0.3, 0.4) is 0 Å². The van der Waals surface area contributed by atoms with Crippen LogP contribution in [0.15, 0.2) is 29.2 Å². The fourth-order valence-electron chi connectivity index (χ4n) is 2.41. The van der Waals surface area contributed by atoms with Gasteiger partial charge < -0.3 is 9.84 Å². The number of aliphatic carboxylic acids is 1. The Kier molecular flexibility index (Phi) is 5.52. The second-order valence-corrected chi connectivity index (χ2v) is 7.04. The summed E-state index contributed by atoms with van der Waals surface area (Å²) in [5.41, 5.74) is 0.937. The smallest absolute Gasteiger partial charge is 0.305 e. The Hall–Kier alpha value is -1.48. The molecule has 0 saturated carbocycles. The molecule has 0 aliphatic carbocycles. The maximum atomic E-state index is 11.7. The molecule has 122 valence electrons. The fourth-order valence-corrected chi connectivity index (χ4v) is 3.14. The first-order valence-corrected chi connectivity index (χ1v) is 8.47. The second kappa shape index (κ2) is 7.19. The lowest BCUT2D eigenvalue weighted by molar-refractivity contribution is -0.140. The number of nitrogens with zero attached hydrogens (tertiary/aromatic N) is 1. The number of morpholine rings is 1. The van der Waals surface area contributed by atoms with E-state index in [9.17, 15) is 13.2 Å². The summed E-state index contributed by atoms with van der Waals surface area (Å²) in [7, 11) is -2.07. The highest BCUT2D eigenvalue weighted by Gasteiger charge is 2.25. The molecule has 0 aromatic heterocycles. The molecule has 2 N–H and O–H groups in total. The van der Waals surface area contributed by atoms with Crippen LogP contribution >= 0.6 is 0 Å². The molecule has 1 heterocycles. The third kappa shape index (κ3) is 4.26. The van der Waals surface area contributed by atoms with E-state index in [0.29, 0.717) is 26.3 Å². The molecule has 1 fully saturated rings. The van der Waals surface area contributed by atoms with Crippen LogP contribution in [-0.2, 0) is 26.1 Å². The van der Waals surface area contributed by atoms with Crippen LogP contribution in [0.2, 0.25) is 0 Å². The SMILES string of the molecule is CNS(=O)(=O)c1ccc(CN2CCOC[C@H]2CC(=O)O)cc1. The van der Waals surface area contributed by atoms with Crippen molar-refractivity contribution in [2.75, 3.05) is 26.8 Å². The highest BCUT2D eigenvalue weighted by Crippen LogP contribution is 2.17. The van der Waals surface area contributed by atoms with Gasteiger partial charge in [0, 0.05) is 19.1 Å². The lowest BCUT2D eigenvalue weighted by Gasteiger charge is -2.34. The van der Waals surface area contributed by atoms with Gasteiger partial charge in [0.15, 0.2) is 0 Å². The van der Waals surface area contributed by atoms with Crippen LogP contribution < -0.4 is 4.72 Å². The molecule has 1 aliphatic heterocycles. The normalized spacial score (nSPS) is 20.0. The van der Waals surface area contributed by atoms with Crippen LogP contribution in [-0.4, -0.2) is 57.2 Å². The molecule has 0 bridgehead atoms. The molecule has 1 saturated heterocycles. The topological polar surface area (TPSA) is 95.9 Å². The number of carboxylic acids is 1. The Morgan fingerprint density at radius 2 is 2.09 bits per heavy atom. The van der Waals surface area contributed by atoms with Gasteiger partial charge in [-0.25, -0.2) is 13.1 Å². The predicted octanol–water partition coefficient (Wildman–Crippen LogP) is 0.270. The second-order valence-electron chi connectivity index (χ2n) is 5.15. The minimum Gasteiger partial charge on any atom is -0.481 e. The Labute approximate surface area is 129 Å². The Morgan fingerprint density at radius 1 is 1.41 bits per heavy atom. The van der Waals surface area contributed by atoms with Crippen molar-refractivity contribution in [1.82, 2.24) is 9.62 Å². The van der Waals surface area contributed by atoms with Gasteiger partial charge in [-0.1, -0.05) is 12.1 Å². The van der Waals surface area contributed by atoms with Crippen LogP contribution in [0.5, 0.6) is 0 Å². The molecular weight excluding hydrogens is 308 g/mol. The maximum absolute atomic E-state index is 11.7. The van der Waals surface area contributed by atoms with E-state index in [-0.39, 0.29) is 17.4 Å². The van der Waals surface area contributed by atoms with Gasteiger partial charge in [-0.2, -0.15) is 0 Å². The summed E-state index contributed by atoms with van der Waals surface area (Å²) in [5.74, 6) is -0.851. The maximum Gasteiger partial charge on any atom is 0.305 e. The van der Waals surface area contributed by atoms with Gasteiger partial charge in [0.05, 0.1) is 24.5 Å². The van der Waals surface area contributed by atoms with Crippen molar-refractivity contribution in [3.05, 3.63) is 29.8 Å². The summed E-state index contributed by atoms with van der Waals surface area (Å²) < 4.78 is 30.9. The van der Waals surface area contributed by atoms with Gasteiger partial charge in [0.25, 0.3) is 0 Å². The first-order chi connectivity index (χ1) is 10.4. The third-order valence-corrected chi connectivity index (χ3v) is 5.08. The van der Waals surface area contributed by atoms with E-state index < -0.39 is 16.0 Å². The number of nitrogens with one attached hydrogen (secondary N) is 1. The van der Waals surface area contributed by atoms with Crippen molar-refractivity contribution < 1.29 is 23.1 Å². The Bertz CT molecular complexity index is 615. The average molecular weight is 328 g/mol. The molecule has 0 amide bonds. The molecule has 0 radical (unpaired) electrons. The zero-order chi connectivity index (χ0) is 16.2. The lowest BCUT2D eigenvalue weighted by Crippen LogP contribution is -2.45. The summed E-state index contributed by atoms with van der Waals surface area (Å²) in [4.78, 5) is 13.2. The molecule has 22 heavy (non-hydrogen) atoms. The van der Waals surface area contributed by atoms with Crippen molar-refractivity contribution in [3.8, 4) is 0 Å². The van der Waals surface area contributed by atoms with Gasteiger partial charge >= 0.3 is 5.97 Å². The minimum atomic E-state index is -3.44. The van der Waals surface area contributed by atoms with Crippen LogP contribution in [0, 0.1) is 0 Å². The van der Waals surface area contributed by atoms with E-state index >= 15 is 0 Å². The standard InChI is InChI=1S/C14H20N2O5S/c1-15-22(19,20)13-4-2-11(3-5-13)9-16-6-7-21-10-12(16)8-14(17)18/h2-5,12,15H,6-10H2,1H3,(H,17,18)/t12-/m1/s1. The summed E-state index contributed by atoms with van der Waals surface area (Å²) >= 11 is 0. The number of hydrogen-bond acceptors (Lipinski definition) is 5. The van der Waals surface area contributed by atoms with E-state index in [1.54, 1.807) is 24.3 Å². The number of sulfonamides is 1. The Morgan fingerprint density at radius 3 is 2.68 bits per heavy atom. The molecule has 2 rings (SSSR count). The first-order valence-electron chi connectivity index (χ1n) is 6.98. The highest BCUT2D eigenvalue weighted by atomic mass is 32.2. The number of ether oxygens (including phenoxy) is 1. The number of hydrogen-bond donors (Lipinski definition) is 2. The summed E-state index contributed by atoms with van der Waals surface area (Å²) in [6.07, 6.45) is 0.0339. The molecule has 1 aliphatic rings. The molecule has 1 atom stereocenters. The molecule has 1 aromatic rings. The quantitative estimate of drug-likeness (QED) is 0.778. The van der Waals surface area contributed by atoms with Crippen LogP contribution in [0.4, 0.5) is 0 Å². The zero-order valence-electron chi connectivity index (χ0n) is 12.4. The highest BCUT2D eigenvalue weighted by molar-refractivity contribution is 7.89. The van der Waals surface area contributed by atoms with Gasteiger partial charge in [-0.05, 0) is 24.7 Å². The fraction of sp³-hybridized carbons (Fsp3) is 0.500. The number of carboxylic acid groups (broad SMARTS) is 1. The van der Waals surface area contributed by atoms with Crippen molar-refractivity contribution in [3.63, 3.8) is 0 Å². The Balaban J connectivity index is 2.07. The van der Waals surface area contributed by atoms with Crippen molar-refractivity contribution >= 4 is 16.0 Å². The largest absolute Gasteiger partial charge is 0.481 e. The van der Waals surface area contributed by atoms with E-state index in [1.165, 1.54) is 7.05 Å². The van der Waals surface area contributed by atoms with Crippen molar-refractivity contribution in [2.45, 2.75) is 23.9 Å². The zero-order valence-corrected chi connectivity index (χ0v) is 13.2. The first kappa shape index (κ1) is 16.9.